The number of fused-ring (bicyclic) bond motifs is 1. The third-order valence-electron chi connectivity index (χ3n) is 3.77. The summed E-state index contributed by atoms with van der Waals surface area (Å²) in [6, 6.07) is 7.73. The van der Waals surface area contributed by atoms with E-state index in [1.54, 1.807) is 0 Å². The molecule has 0 spiro atoms. The highest BCUT2D eigenvalue weighted by Crippen LogP contribution is 2.33. The molecule has 1 aromatic heterocycles. The molecule has 20 heavy (non-hydrogen) atoms. The van der Waals surface area contributed by atoms with E-state index < -0.39 is 0 Å². The maximum absolute atomic E-state index is 12.1. The highest BCUT2D eigenvalue weighted by Gasteiger charge is 2.19. The van der Waals surface area contributed by atoms with Gasteiger partial charge in [0.2, 0.25) is 0 Å². The first kappa shape index (κ1) is 13.1. The Labute approximate surface area is 118 Å². The second kappa shape index (κ2) is 5.25. The Morgan fingerprint density at radius 2 is 1.95 bits per heavy atom. The standard InChI is InChI=1S/C17H19NO2/c1-11(2)16-15(12-7-9-18-10-8-12)13-5-3-4-6-14(13)17(19)20-16/h3-7,11,18H,8-10H2,1-2H3. The van der Waals surface area contributed by atoms with E-state index in [1.165, 1.54) is 5.57 Å². The Balaban J connectivity index is 2.37. The van der Waals surface area contributed by atoms with E-state index in [0.29, 0.717) is 5.39 Å². The van der Waals surface area contributed by atoms with Gasteiger partial charge in [-0.25, -0.2) is 4.79 Å². The van der Waals surface area contributed by atoms with Crippen LogP contribution in [0.1, 0.15) is 37.5 Å². The zero-order valence-corrected chi connectivity index (χ0v) is 11.9. The summed E-state index contributed by atoms with van der Waals surface area (Å²) in [5.74, 6) is 1.000. The molecule has 1 aliphatic rings. The van der Waals surface area contributed by atoms with E-state index in [-0.39, 0.29) is 11.5 Å². The van der Waals surface area contributed by atoms with Crippen molar-refractivity contribution in [2.45, 2.75) is 26.2 Å². The minimum absolute atomic E-state index is 0.193. The minimum Gasteiger partial charge on any atom is -0.427 e. The van der Waals surface area contributed by atoms with Crippen molar-refractivity contribution >= 4 is 16.3 Å². The van der Waals surface area contributed by atoms with Crippen LogP contribution in [0.5, 0.6) is 0 Å². The summed E-state index contributed by atoms with van der Waals surface area (Å²) in [5.41, 5.74) is 2.17. The highest BCUT2D eigenvalue weighted by atomic mass is 16.4. The topological polar surface area (TPSA) is 42.2 Å². The lowest BCUT2D eigenvalue weighted by atomic mass is 9.91. The normalized spacial score (nSPS) is 15.7. The van der Waals surface area contributed by atoms with E-state index in [0.717, 1.165) is 36.2 Å². The number of hydrogen-bond donors (Lipinski definition) is 1. The van der Waals surface area contributed by atoms with E-state index in [2.05, 4.69) is 25.2 Å². The van der Waals surface area contributed by atoms with Crippen molar-refractivity contribution in [2.24, 2.45) is 0 Å². The summed E-state index contributed by atoms with van der Waals surface area (Å²) >= 11 is 0. The van der Waals surface area contributed by atoms with E-state index >= 15 is 0 Å². The van der Waals surface area contributed by atoms with Gasteiger partial charge in [0.25, 0.3) is 0 Å². The summed E-state index contributed by atoms with van der Waals surface area (Å²) in [6.07, 6.45) is 3.18. The fraction of sp³-hybridized carbons (Fsp3) is 0.353. The molecule has 3 heteroatoms. The molecular weight excluding hydrogens is 250 g/mol. The van der Waals surface area contributed by atoms with Gasteiger partial charge in [-0.2, -0.15) is 0 Å². The Morgan fingerprint density at radius 3 is 2.60 bits per heavy atom. The van der Waals surface area contributed by atoms with Crippen LogP contribution in [0.25, 0.3) is 16.3 Å². The van der Waals surface area contributed by atoms with Crippen molar-refractivity contribution in [1.82, 2.24) is 5.32 Å². The Morgan fingerprint density at radius 1 is 1.20 bits per heavy atom. The maximum atomic E-state index is 12.1. The first-order chi connectivity index (χ1) is 9.68. The van der Waals surface area contributed by atoms with Crippen LogP contribution in [0.15, 0.2) is 39.6 Å². The largest absolute Gasteiger partial charge is 0.427 e. The van der Waals surface area contributed by atoms with Crippen LogP contribution in [-0.4, -0.2) is 13.1 Å². The van der Waals surface area contributed by atoms with Crippen molar-refractivity contribution in [3.05, 3.63) is 52.1 Å². The van der Waals surface area contributed by atoms with Gasteiger partial charge in [0.1, 0.15) is 5.76 Å². The Hall–Kier alpha value is -1.87. The molecule has 0 amide bonds. The molecule has 3 nitrogen and oxygen atoms in total. The van der Waals surface area contributed by atoms with Crippen LogP contribution in [0.3, 0.4) is 0 Å². The molecule has 2 heterocycles. The maximum Gasteiger partial charge on any atom is 0.343 e. The Bertz CT molecular complexity index is 725. The smallest absolute Gasteiger partial charge is 0.343 e. The van der Waals surface area contributed by atoms with Crippen LogP contribution < -0.4 is 10.9 Å². The highest BCUT2D eigenvalue weighted by molar-refractivity contribution is 5.94. The lowest BCUT2D eigenvalue weighted by molar-refractivity contribution is 0.445. The molecule has 0 bridgehead atoms. The molecule has 0 fully saturated rings. The van der Waals surface area contributed by atoms with Crippen molar-refractivity contribution in [3.8, 4) is 0 Å². The predicted octanol–water partition coefficient (Wildman–Crippen LogP) is 3.29. The summed E-state index contributed by atoms with van der Waals surface area (Å²) in [5, 5.41) is 5.01. The molecule has 0 unspecified atom stereocenters. The van der Waals surface area contributed by atoms with Gasteiger partial charge in [-0.1, -0.05) is 38.1 Å². The molecular formula is C17H19NO2. The van der Waals surface area contributed by atoms with Crippen LogP contribution in [0.2, 0.25) is 0 Å². The van der Waals surface area contributed by atoms with Gasteiger partial charge in [-0.3, -0.25) is 0 Å². The summed E-state index contributed by atoms with van der Waals surface area (Å²) in [6.45, 7) is 5.98. The molecule has 1 aliphatic heterocycles. The summed E-state index contributed by atoms with van der Waals surface area (Å²) < 4.78 is 5.62. The fourth-order valence-corrected chi connectivity index (χ4v) is 2.81. The van der Waals surface area contributed by atoms with Crippen molar-refractivity contribution in [2.75, 3.05) is 13.1 Å². The van der Waals surface area contributed by atoms with Crippen LogP contribution >= 0.6 is 0 Å². The SMILES string of the molecule is CC(C)c1oc(=O)c2ccccc2c1C1=CCNCC1. The summed E-state index contributed by atoms with van der Waals surface area (Å²) in [4.78, 5) is 12.1. The molecule has 1 aromatic carbocycles. The molecule has 0 radical (unpaired) electrons. The van der Waals surface area contributed by atoms with Crippen LogP contribution in [-0.2, 0) is 0 Å². The average molecular weight is 269 g/mol. The molecule has 0 atom stereocenters. The quantitative estimate of drug-likeness (QED) is 0.909. The average Bonchev–Trinajstić information content (AvgIpc) is 2.48. The van der Waals surface area contributed by atoms with E-state index in [9.17, 15) is 4.79 Å². The second-order valence-electron chi connectivity index (χ2n) is 5.51. The third kappa shape index (κ3) is 2.18. The van der Waals surface area contributed by atoms with Gasteiger partial charge in [0.15, 0.2) is 0 Å². The lowest BCUT2D eigenvalue weighted by Crippen LogP contribution is -2.21. The van der Waals surface area contributed by atoms with Crippen LogP contribution in [0, 0.1) is 0 Å². The van der Waals surface area contributed by atoms with Gasteiger partial charge in [-0.15, -0.1) is 0 Å². The monoisotopic (exact) mass is 269 g/mol. The molecule has 0 saturated heterocycles. The van der Waals surface area contributed by atoms with Gasteiger partial charge in [0, 0.05) is 18.0 Å². The molecule has 0 aliphatic carbocycles. The van der Waals surface area contributed by atoms with Crippen molar-refractivity contribution in [3.63, 3.8) is 0 Å². The third-order valence-corrected chi connectivity index (χ3v) is 3.77. The van der Waals surface area contributed by atoms with Crippen molar-refractivity contribution < 1.29 is 4.42 Å². The second-order valence-corrected chi connectivity index (χ2v) is 5.51. The van der Waals surface area contributed by atoms with E-state index in [1.807, 2.05) is 24.3 Å². The van der Waals surface area contributed by atoms with Crippen molar-refractivity contribution in [1.29, 1.82) is 0 Å². The number of hydrogen-bond acceptors (Lipinski definition) is 3. The number of benzene rings is 1. The zero-order valence-electron chi connectivity index (χ0n) is 11.9. The summed E-state index contributed by atoms with van der Waals surface area (Å²) in [7, 11) is 0. The zero-order chi connectivity index (χ0) is 14.1. The Kier molecular flexibility index (Phi) is 3.45. The first-order valence-corrected chi connectivity index (χ1v) is 7.14. The molecule has 3 rings (SSSR count). The van der Waals surface area contributed by atoms with Gasteiger partial charge in [-0.05, 0) is 30.0 Å². The molecule has 0 saturated carbocycles. The van der Waals surface area contributed by atoms with Crippen LogP contribution in [0.4, 0.5) is 0 Å². The fourth-order valence-electron chi connectivity index (χ4n) is 2.81. The van der Waals surface area contributed by atoms with Gasteiger partial charge < -0.3 is 9.73 Å². The number of nitrogens with one attached hydrogen (secondary N) is 1. The lowest BCUT2D eigenvalue weighted by Gasteiger charge is -2.19. The first-order valence-electron chi connectivity index (χ1n) is 7.14. The molecule has 1 N–H and O–H groups in total. The minimum atomic E-state index is -0.234. The molecule has 104 valence electrons. The van der Waals surface area contributed by atoms with Gasteiger partial charge >= 0.3 is 5.63 Å². The van der Waals surface area contributed by atoms with E-state index in [4.69, 9.17) is 4.42 Å². The predicted molar refractivity (Wildman–Crippen MR) is 82.0 cm³/mol. The number of rotatable bonds is 2. The van der Waals surface area contributed by atoms with Gasteiger partial charge in [0.05, 0.1) is 5.39 Å². The molecule has 2 aromatic rings.